The van der Waals surface area contributed by atoms with E-state index in [1.165, 1.54) is 32.4 Å². The van der Waals surface area contributed by atoms with Gasteiger partial charge >= 0.3 is 0 Å². The summed E-state index contributed by atoms with van der Waals surface area (Å²) >= 11 is 0. The molecule has 0 bridgehead atoms. The molecule has 3 fully saturated rings. The number of ether oxygens (including phenoxy) is 1. The Balaban J connectivity index is 1.25. The molecule has 148 valence electrons. The number of rotatable bonds is 7. The fraction of sp³-hybridized carbons (Fsp3) is 0.667. The molecule has 1 N–H and O–H groups in total. The van der Waals surface area contributed by atoms with Crippen LogP contribution in [0.25, 0.3) is 0 Å². The number of hydrogen-bond acceptors (Lipinski definition) is 3. The zero-order chi connectivity index (χ0) is 19.0. The van der Waals surface area contributed by atoms with Gasteiger partial charge in [-0.3, -0.25) is 4.79 Å². The predicted molar refractivity (Wildman–Crippen MR) is 98.8 cm³/mol. The number of carbonyl (C=O) groups is 1. The molecule has 4 rings (SSSR count). The van der Waals surface area contributed by atoms with E-state index in [0.29, 0.717) is 12.5 Å². The summed E-state index contributed by atoms with van der Waals surface area (Å²) in [7, 11) is 2.17. The zero-order valence-electron chi connectivity index (χ0n) is 15.8. The second-order valence-electron chi connectivity index (χ2n) is 8.45. The lowest BCUT2D eigenvalue weighted by atomic mass is 9.91. The molecule has 1 amide bonds. The Morgan fingerprint density at radius 1 is 1.19 bits per heavy atom. The highest BCUT2D eigenvalue weighted by Crippen LogP contribution is 2.49. The van der Waals surface area contributed by atoms with E-state index < -0.39 is 23.1 Å². The second kappa shape index (κ2) is 7.74. The predicted octanol–water partition coefficient (Wildman–Crippen LogP) is 3.60. The Morgan fingerprint density at radius 2 is 1.85 bits per heavy atom. The van der Waals surface area contributed by atoms with E-state index in [-0.39, 0.29) is 11.8 Å². The fourth-order valence-electron chi connectivity index (χ4n) is 4.30. The summed E-state index contributed by atoms with van der Waals surface area (Å²) in [5, 5.41) is 2.61. The van der Waals surface area contributed by atoms with E-state index in [1.54, 1.807) is 0 Å². The molecule has 2 atom stereocenters. The molecule has 2 saturated carbocycles. The fourth-order valence-corrected chi connectivity index (χ4v) is 4.30. The van der Waals surface area contributed by atoms with E-state index in [1.807, 2.05) is 0 Å². The number of nitrogens with zero attached hydrogens (tertiary/aromatic N) is 1. The first kappa shape index (κ1) is 18.7. The van der Waals surface area contributed by atoms with Crippen molar-refractivity contribution in [1.82, 2.24) is 10.2 Å². The molecule has 0 aromatic heterocycles. The van der Waals surface area contributed by atoms with Crippen molar-refractivity contribution in [2.45, 2.75) is 44.6 Å². The van der Waals surface area contributed by atoms with Gasteiger partial charge in [-0.15, -0.1) is 0 Å². The van der Waals surface area contributed by atoms with Gasteiger partial charge in [0, 0.05) is 18.2 Å². The van der Waals surface area contributed by atoms with E-state index in [0.717, 1.165) is 43.2 Å². The summed E-state index contributed by atoms with van der Waals surface area (Å²) in [4.78, 5) is 14.3. The van der Waals surface area contributed by atoms with Gasteiger partial charge < -0.3 is 15.0 Å². The van der Waals surface area contributed by atoms with Crippen molar-refractivity contribution in [3.8, 4) is 5.75 Å². The summed E-state index contributed by atoms with van der Waals surface area (Å²) in [6, 6.07) is 2.29. The Kier molecular flexibility index (Phi) is 5.35. The molecular weight excluding hydrogens is 350 g/mol. The van der Waals surface area contributed by atoms with Crippen LogP contribution in [0.15, 0.2) is 12.1 Å². The van der Waals surface area contributed by atoms with Crippen LogP contribution in [0.3, 0.4) is 0 Å². The summed E-state index contributed by atoms with van der Waals surface area (Å²) in [5.41, 5.74) is -0.515. The number of piperidine rings is 1. The van der Waals surface area contributed by atoms with Crippen molar-refractivity contribution in [1.29, 1.82) is 0 Å². The van der Waals surface area contributed by atoms with Gasteiger partial charge in [-0.1, -0.05) is 0 Å². The summed E-state index contributed by atoms with van der Waals surface area (Å²) in [6.45, 7) is 2.83. The summed E-state index contributed by atoms with van der Waals surface area (Å²) in [5.74, 6) is 0.0475. The van der Waals surface area contributed by atoms with Crippen molar-refractivity contribution in [2.24, 2.45) is 17.8 Å². The molecule has 6 heteroatoms. The van der Waals surface area contributed by atoms with Gasteiger partial charge in [-0.2, -0.15) is 0 Å². The van der Waals surface area contributed by atoms with Gasteiger partial charge in [0.2, 0.25) is 0 Å². The number of carbonyl (C=O) groups excluding carboxylic acids is 1. The van der Waals surface area contributed by atoms with Crippen LogP contribution in [-0.4, -0.2) is 43.6 Å². The minimum absolute atomic E-state index is 0.0586. The van der Waals surface area contributed by atoms with Crippen LogP contribution in [0.4, 0.5) is 8.78 Å². The largest absolute Gasteiger partial charge is 0.493 e. The molecule has 2 aliphatic carbocycles. The lowest BCUT2D eigenvalue weighted by molar-refractivity contribution is 0.0942. The first-order valence-electron chi connectivity index (χ1n) is 10.1. The third kappa shape index (κ3) is 4.60. The Bertz CT molecular complexity index is 676. The third-order valence-corrected chi connectivity index (χ3v) is 6.26. The van der Waals surface area contributed by atoms with Crippen LogP contribution in [0.2, 0.25) is 0 Å². The average Bonchev–Trinajstić information content (AvgIpc) is 3.52. The Labute approximate surface area is 159 Å². The molecular formula is C21H28F2N2O2. The molecule has 2 unspecified atom stereocenters. The van der Waals surface area contributed by atoms with Gasteiger partial charge in [0.25, 0.3) is 5.91 Å². The number of nitrogens with one attached hydrogen (secondary N) is 1. The maximum atomic E-state index is 14.2. The standard InChI is InChI=1S/C21H28F2N2O2/c1-25-7-4-13(5-8-25)17-10-14(17)6-9-27-16-11-18(22)20(19(23)12-16)21(26)24-15-2-3-15/h11-15,17H,2-10H2,1H3,(H,24,26). The van der Waals surface area contributed by atoms with Crippen molar-refractivity contribution in [2.75, 3.05) is 26.7 Å². The van der Waals surface area contributed by atoms with E-state index in [2.05, 4.69) is 17.3 Å². The lowest BCUT2D eigenvalue weighted by Gasteiger charge is -2.29. The highest BCUT2D eigenvalue weighted by molar-refractivity contribution is 5.95. The quantitative estimate of drug-likeness (QED) is 0.788. The Hall–Kier alpha value is -1.69. The highest BCUT2D eigenvalue weighted by Gasteiger charge is 2.42. The second-order valence-corrected chi connectivity index (χ2v) is 8.45. The average molecular weight is 378 g/mol. The first-order valence-corrected chi connectivity index (χ1v) is 10.1. The topological polar surface area (TPSA) is 41.6 Å². The van der Waals surface area contributed by atoms with Crippen molar-refractivity contribution in [3.63, 3.8) is 0 Å². The van der Waals surface area contributed by atoms with Crippen molar-refractivity contribution < 1.29 is 18.3 Å². The van der Waals surface area contributed by atoms with Gasteiger partial charge in [-0.05, 0) is 76.4 Å². The Morgan fingerprint density at radius 3 is 2.48 bits per heavy atom. The highest BCUT2D eigenvalue weighted by atomic mass is 19.1. The minimum atomic E-state index is -0.862. The maximum absolute atomic E-state index is 14.2. The molecule has 1 saturated heterocycles. The van der Waals surface area contributed by atoms with Gasteiger partial charge in [0.15, 0.2) is 0 Å². The number of halogens is 2. The van der Waals surface area contributed by atoms with E-state index >= 15 is 0 Å². The van der Waals surface area contributed by atoms with Crippen molar-refractivity contribution in [3.05, 3.63) is 29.3 Å². The monoisotopic (exact) mass is 378 g/mol. The number of amides is 1. The van der Waals surface area contributed by atoms with Crippen LogP contribution >= 0.6 is 0 Å². The first-order chi connectivity index (χ1) is 13.0. The molecule has 3 aliphatic rings. The molecule has 4 nitrogen and oxygen atoms in total. The zero-order valence-corrected chi connectivity index (χ0v) is 15.8. The maximum Gasteiger partial charge on any atom is 0.257 e. The SMILES string of the molecule is CN1CCC(C2CC2CCOc2cc(F)c(C(=O)NC3CC3)c(F)c2)CC1. The molecule has 0 spiro atoms. The van der Waals surface area contributed by atoms with E-state index in [4.69, 9.17) is 4.74 Å². The lowest BCUT2D eigenvalue weighted by Crippen LogP contribution is -2.31. The number of likely N-dealkylation sites (tertiary alicyclic amines) is 1. The summed E-state index contributed by atoms with van der Waals surface area (Å²) in [6.07, 6.45) is 6.47. The van der Waals surface area contributed by atoms with Crippen LogP contribution in [-0.2, 0) is 0 Å². The third-order valence-electron chi connectivity index (χ3n) is 6.26. The van der Waals surface area contributed by atoms with Crippen LogP contribution < -0.4 is 10.1 Å². The van der Waals surface area contributed by atoms with Crippen LogP contribution in [0.1, 0.15) is 48.9 Å². The minimum Gasteiger partial charge on any atom is -0.493 e. The molecule has 1 aliphatic heterocycles. The van der Waals surface area contributed by atoms with Gasteiger partial charge in [0.05, 0.1) is 6.61 Å². The van der Waals surface area contributed by atoms with Crippen LogP contribution in [0, 0.1) is 29.4 Å². The molecule has 0 radical (unpaired) electrons. The molecule has 27 heavy (non-hydrogen) atoms. The number of hydrogen-bond donors (Lipinski definition) is 1. The van der Waals surface area contributed by atoms with Gasteiger partial charge in [0.1, 0.15) is 22.9 Å². The van der Waals surface area contributed by atoms with E-state index in [9.17, 15) is 13.6 Å². The van der Waals surface area contributed by atoms with Gasteiger partial charge in [-0.25, -0.2) is 8.78 Å². The molecule has 1 aromatic rings. The smallest absolute Gasteiger partial charge is 0.257 e. The van der Waals surface area contributed by atoms with Crippen molar-refractivity contribution >= 4 is 5.91 Å². The molecule has 1 heterocycles. The summed E-state index contributed by atoms with van der Waals surface area (Å²) < 4.78 is 33.9. The molecule has 1 aromatic carbocycles. The van der Waals surface area contributed by atoms with Crippen LogP contribution in [0.5, 0.6) is 5.75 Å². The normalized spacial score (nSPS) is 26.0. The number of benzene rings is 1.